The Balaban J connectivity index is 2.24. The lowest BCUT2D eigenvalue weighted by molar-refractivity contribution is -0.128. The summed E-state index contributed by atoms with van der Waals surface area (Å²) in [6.45, 7) is 0.216. The second-order valence-electron chi connectivity index (χ2n) is 4.26. The largest absolute Gasteiger partial charge is 0.345 e. The highest BCUT2D eigenvalue weighted by molar-refractivity contribution is 6.05. The van der Waals surface area contributed by atoms with Crippen molar-refractivity contribution in [1.29, 1.82) is 0 Å². The molecule has 0 saturated carbocycles. The van der Waals surface area contributed by atoms with E-state index in [2.05, 4.69) is 10.6 Å². The molecule has 0 radical (unpaired) electrons. The monoisotopic (exact) mass is 261 g/mol. The number of nitrogens with zero attached hydrogens (tertiary/aromatic N) is 1. The molecule has 100 valence electrons. The van der Waals surface area contributed by atoms with Gasteiger partial charge in [0, 0.05) is 11.3 Å². The third-order valence-electron chi connectivity index (χ3n) is 2.86. The SMILES string of the molecule is CNCC(=O)c1cccc(N2CC(=O)NCC2=O)c1. The quantitative estimate of drug-likeness (QED) is 0.720. The molecule has 0 bridgehead atoms. The molecule has 6 heteroatoms. The molecule has 6 nitrogen and oxygen atoms in total. The van der Waals surface area contributed by atoms with Crippen LogP contribution in [-0.4, -0.2) is 44.3 Å². The van der Waals surface area contributed by atoms with Gasteiger partial charge in [-0.3, -0.25) is 14.4 Å². The molecule has 1 aromatic carbocycles. The molecule has 0 unspecified atom stereocenters. The van der Waals surface area contributed by atoms with E-state index in [9.17, 15) is 14.4 Å². The highest BCUT2D eigenvalue weighted by atomic mass is 16.2. The number of carbonyl (C=O) groups excluding carboxylic acids is 3. The number of carbonyl (C=O) groups is 3. The number of piperazine rings is 1. The van der Waals surface area contributed by atoms with E-state index in [0.717, 1.165) is 0 Å². The average molecular weight is 261 g/mol. The standard InChI is InChI=1S/C13H15N3O3/c1-14-6-11(17)9-3-2-4-10(5-9)16-8-12(18)15-7-13(16)19/h2-5,14H,6-8H2,1H3,(H,15,18). The topological polar surface area (TPSA) is 78.5 Å². The van der Waals surface area contributed by atoms with Crippen LogP contribution in [0.3, 0.4) is 0 Å². The molecule has 0 aliphatic carbocycles. The summed E-state index contributed by atoms with van der Waals surface area (Å²) in [6, 6.07) is 6.75. The maximum Gasteiger partial charge on any atom is 0.246 e. The highest BCUT2D eigenvalue weighted by Crippen LogP contribution is 2.17. The molecule has 1 aliphatic heterocycles. The first-order valence-corrected chi connectivity index (χ1v) is 5.96. The summed E-state index contributed by atoms with van der Waals surface area (Å²) in [5, 5.41) is 5.27. The van der Waals surface area contributed by atoms with Gasteiger partial charge in [0.15, 0.2) is 5.78 Å². The first-order chi connectivity index (χ1) is 9.11. The van der Waals surface area contributed by atoms with Crippen molar-refractivity contribution in [2.45, 2.75) is 0 Å². The molecule has 0 atom stereocenters. The molecule has 1 saturated heterocycles. The Bertz CT molecular complexity index is 528. The van der Waals surface area contributed by atoms with Crippen molar-refractivity contribution >= 4 is 23.3 Å². The van der Waals surface area contributed by atoms with Crippen LogP contribution in [0.15, 0.2) is 24.3 Å². The summed E-state index contributed by atoms with van der Waals surface area (Å²) >= 11 is 0. The Labute approximate surface area is 110 Å². The van der Waals surface area contributed by atoms with E-state index in [4.69, 9.17) is 0 Å². The number of amides is 2. The van der Waals surface area contributed by atoms with Crippen LogP contribution in [-0.2, 0) is 9.59 Å². The number of likely N-dealkylation sites (N-methyl/N-ethyl adjacent to an activating group) is 1. The lowest BCUT2D eigenvalue weighted by Crippen LogP contribution is -2.51. The fraction of sp³-hybridized carbons (Fsp3) is 0.308. The Morgan fingerprint density at radius 3 is 2.95 bits per heavy atom. The first kappa shape index (κ1) is 13.2. The van der Waals surface area contributed by atoms with Gasteiger partial charge in [-0.1, -0.05) is 12.1 Å². The van der Waals surface area contributed by atoms with E-state index in [1.807, 2.05) is 0 Å². The third kappa shape index (κ3) is 2.97. The summed E-state index contributed by atoms with van der Waals surface area (Å²) < 4.78 is 0. The van der Waals surface area contributed by atoms with Crippen LogP contribution in [0.4, 0.5) is 5.69 Å². The highest BCUT2D eigenvalue weighted by Gasteiger charge is 2.24. The van der Waals surface area contributed by atoms with E-state index in [1.54, 1.807) is 31.3 Å². The zero-order chi connectivity index (χ0) is 13.8. The van der Waals surface area contributed by atoms with Gasteiger partial charge in [-0.2, -0.15) is 0 Å². The molecular weight excluding hydrogens is 246 g/mol. The van der Waals surface area contributed by atoms with Crippen LogP contribution in [0, 0.1) is 0 Å². The van der Waals surface area contributed by atoms with E-state index in [0.29, 0.717) is 11.3 Å². The molecule has 1 aliphatic rings. The molecule has 2 N–H and O–H groups in total. The number of rotatable bonds is 4. The predicted octanol–water partition coefficient (Wildman–Crippen LogP) is -0.448. The van der Waals surface area contributed by atoms with Crippen molar-refractivity contribution in [2.75, 3.05) is 31.6 Å². The zero-order valence-corrected chi connectivity index (χ0v) is 10.6. The van der Waals surface area contributed by atoms with Gasteiger partial charge in [0.2, 0.25) is 11.8 Å². The van der Waals surface area contributed by atoms with Crippen LogP contribution >= 0.6 is 0 Å². The van der Waals surface area contributed by atoms with E-state index in [-0.39, 0.29) is 37.2 Å². The van der Waals surface area contributed by atoms with Crippen LogP contribution in [0.1, 0.15) is 10.4 Å². The van der Waals surface area contributed by atoms with Gasteiger partial charge in [0.1, 0.15) is 6.54 Å². The molecule has 0 aromatic heterocycles. The molecule has 2 amide bonds. The molecule has 1 fully saturated rings. The lowest BCUT2D eigenvalue weighted by Gasteiger charge is -2.26. The van der Waals surface area contributed by atoms with Crippen LogP contribution in [0.5, 0.6) is 0 Å². The van der Waals surface area contributed by atoms with Crippen molar-refractivity contribution in [1.82, 2.24) is 10.6 Å². The average Bonchev–Trinajstić information content (AvgIpc) is 2.42. The van der Waals surface area contributed by atoms with E-state index >= 15 is 0 Å². The van der Waals surface area contributed by atoms with Crippen molar-refractivity contribution in [3.05, 3.63) is 29.8 Å². The number of hydrogen-bond donors (Lipinski definition) is 2. The van der Waals surface area contributed by atoms with Crippen molar-refractivity contribution < 1.29 is 14.4 Å². The molecule has 2 rings (SSSR count). The molecule has 1 heterocycles. The van der Waals surface area contributed by atoms with Crippen LogP contribution in [0.25, 0.3) is 0 Å². The smallest absolute Gasteiger partial charge is 0.246 e. The third-order valence-corrected chi connectivity index (χ3v) is 2.86. The second-order valence-corrected chi connectivity index (χ2v) is 4.26. The zero-order valence-electron chi connectivity index (χ0n) is 10.6. The fourth-order valence-corrected chi connectivity index (χ4v) is 1.90. The summed E-state index contributed by atoms with van der Waals surface area (Å²) in [4.78, 5) is 36.3. The number of benzene rings is 1. The number of Topliss-reactive ketones (excluding diaryl/α,β-unsaturated/α-hetero) is 1. The van der Waals surface area contributed by atoms with Crippen molar-refractivity contribution in [3.63, 3.8) is 0 Å². The normalized spacial score (nSPS) is 15.3. The van der Waals surface area contributed by atoms with Gasteiger partial charge >= 0.3 is 0 Å². The van der Waals surface area contributed by atoms with Crippen molar-refractivity contribution in [2.24, 2.45) is 0 Å². The minimum Gasteiger partial charge on any atom is -0.345 e. The summed E-state index contributed by atoms with van der Waals surface area (Å²) in [7, 11) is 1.69. The van der Waals surface area contributed by atoms with Gasteiger partial charge in [-0.05, 0) is 19.2 Å². The maximum absolute atomic E-state index is 11.8. The molecule has 0 spiro atoms. The Kier molecular flexibility index (Phi) is 3.91. The predicted molar refractivity (Wildman–Crippen MR) is 70.1 cm³/mol. The lowest BCUT2D eigenvalue weighted by atomic mass is 10.1. The first-order valence-electron chi connectivity index (χ1n) is 5.96. The molecular formula is C13H15N3O3. The maximum atomic E-state index is 11.8. The Hall–Kier alpha value is -2.21. The van der Waals surface area contributed by atoms with Crippen LogP contribution in [0.2, 0.25) is 0 Å². The number of anilines is 1. The second kappa shape index (κ2) is 5.62. The summed E-state index contributed by atoms with van der Waals surface area (Å²) in [6.07, 6.45) is 0. The number of ketones is 1. The van der Waals surface area contributed by atoms with Gasteiger partial charge in [0.25, 0.3) is 0 Å². The number of nitrogens with one attached hydrogen (secondary N) is 2. The molecule has 19 heavy (non-hydrogen) atoms. The minimum atomic E-state index is -0.202. The van der Waals surface area contributed by atoms with Gasteiger partial charge < -0.3 is 15.5 Å². The Morgan fingerprint density at radius 1 is 1.42 bits per heavy atom. The van der Waals surface area contributed by atoms with Gasteiger partial charge in [-0.25, -0.2) is 0 Å². The summed E-state index contributed by atoms with van der Waals surface area (Å²) in [5.74, 6) is -0.442. The van der Waals surface area contributed by atoms with E-state index in [1.165, 1.54) is 4.90 Å². The van der Waals surface area contributed by atoms with Crippen LogP contribution < -0.4 is 15.5 Å². The fourth-order valence-electron chi connectivity index (χ4n) is 1.90. The number of hydrogen-bond acceptors (Lipinski definition) is 4. The minimum absolute atomic E-state index is 0.00643. The van der Waals surface area contributed by atoms with E-state index < -0.39 is 0 Å². The summed E-state index contributed by atoms with van der Waals surface area (Å²) in [5.41, 5.74) is 1.09. The van der Waals surface area contributed by atoms with Crippen molar-refractivity contribution in [3.8, 4) is 0 Å². The molecule has 1 aromatic rings. The van der Waals surface area contributed by atoms with Gasteiger partial charge in [0.05, 0.1) is 13.1 Å². The van der Waals surface area contributed by atoms with Gasteiger partial charge in [-0.15, -0.1) is 0 Å². The Morgan fingerprint density at radius 2 is 2.21 bits per heavy atom.